The van der Waals surface area contributed by atoms with E-state index in [2.05, 4.69) is 5.32 Å². The minimum Gasteiger partial charge on any atom is -0.481 e. The van der Waals surface area contributed by atoms with Crippen molar-refractivity contribution in [2.24, 2.45) is 5.92 Å². The fourth-order valence-corrected chi connectivity index (χ4v) is 1.85. The average Bonchev–Trinajstić information content (AvgIpc) is 2.29. The highest BCUT2D eigenvalue weighted by Gasteiger charge is 2.35. The van der Waals surface area contributed by atoms with Crippen molar-refractivity contribution < 1.29 is 14.7 Å². The number of rotatable bonds is 2. The predicted octanol–water partition coefficient (Wildman–Crippen LogP) is 1.76. The lowest BCUT2D eigenvalue weighted by molar-refractivity contribution is -0.145. The van der Waals surface area contributed by atoms with Gasteiger partial charge in [0, 0.05) is 13.1 Å². The Kier molecular flexibility index (Phi) is 3.58. The first-order valence-corrected chi connectivity index (χ1v) is 5.87. The van der Waals surface area contributed by atoms with E-state index in [0.29, 0.717) is 16.3 Å². The van der Waals surface area contributed by atoms with Gasteiger partial charge in [0.15, 0.2) is 0 Å². The molecule has 0 unspecified atom stereocenters. The molecule has 0 aliphatic carbocycles. The number of nitriles is 1. The summed E-state index contributed by atoms with van der Waals surface area (Å²) >= 11 is 5.91. The van der Waals surface area contributed by atoms with Crippen molar-refractivity contribution >= 4 is 29.3 Å². The number of urea groups is 1. The van der Waals surface area contributed by atoms with Gasteiger partial charge in [0.05, 0.1) is 28.3 Å². The Morgan fingerprint density at radius 3 is 2.74 bits per heavy atom. The fraction of sp³-hybridized carbons (Fsp3) is 0.250. The molecule has 1 aromatic rings. The molecule has 7 heteroatoms. The number of carboxylic acid groups (broad SMARTS) is 1. The summed E-state index contributed by atoms with van der Waals surface area (Å²) in [5, 5.41) is 20.4. The molecule has 0 aromatic heterocycles. The lowest BCUT2D eigenvalue weighted by atomic mass is 10.0. The number of aliphatic carboxylic acids is 1. The number of nitrogens with zero attached hydrogens (tertiary/aromatic N) is 2. The number of nitrogens with one attached hydrogen (secondary N) is 1. The van der Waals surface area contributed by atoms with Crippen LogP contribution in [-0.2, 0) is 4.79 Å². The van der Waals surface area contributed by atoms with Gasteiger partial charge >= 0.3 is 12.0 Å². The SMILES string of the molecule is N#Cc1ccc(Cl)c(NC(=O)N2CC(C(=O)O)C2)c1. The van der Waals surface area contributed by atoms with Crippen LogP contribution in [-0.4, -0.2) is 35.1 Å². The van der Waals surface area contributed by atoms with Crippen molar-refractivity contribution in [3.05, 3.63) is 28.8 Å². The summed E-state index contributed by atoms with van der Waals surface area (Å²) in [6, 6.07) is 6.05. The van der Waals surface area contributed by atoms with Gasteiger partial charge in [0.2, 0.25) is 0 Å². The third-order valence-electron chi connectivity index (χ3n) is 2.86. The van der Waals surface area contributed by atoms with Crippen molar-refractivity contribution in [1.82, 2.24) is 4.90 Å². The number of carbonyl (C=O) groups excluding carboxylic acids is 1. The normalized spacial score (nSPS) is 14.4. The number of likely N-dealkylation sites (tertiary alicyclic amines) is 1. The molecule has 1 saturated heterocycles. The molecule has 0 radical (unpaired) electrons. The van der Waals surface area contributed by atoms with Crippen LogP contribution in [0.3, 0.4) is 0 Å². The van der Waals surface area contributed by atoms with Gasteiger partial charge in [-0.15, -0.1) is 0 Å². The third-order valence-corrected chi connectivity index (χ3v) is 3.18. The summed E-state index contributed by atoms with van der Waals surface area (Å²) in [6.07, 6.45) is 0. The summed E-state index contributed by atoms with van der Waals surface area (Å²) < 4.78 is 0. The summed E-state index contributed by atoms with van der Waals surface area (Å²) in [5.74, 6) is -1.42. The van der Waals surface area contributed by atoms with Crippen molar-refractivity contribution in [2.45, 2.75) is 0 Å². The van der Waals surface area contributed by atoms with Crippen LogP contribution in [0.5, 0.6) is 0 Å². The number of halogens is 1. The second-order valence-electron chi connectivity index (χ2n) is 4.18. The maximum Gasteiger partial charge on any atom is 0.321 e. The summed E-state index contributed by atoms with van der Waals surface area (Å²) in [5.41, 5.74) is 0.719. The van der Waals surface area contributed by atoms with Gasteiger partial charge in [-0.2, -0.15) is 5.26 Å². The van der Waals surface area contributed by atoms with Gasteiger partial charge in [-0.3, -0.25) is 4.79 Å². The maximum absolute atomic E-state index is 11.8. The number of benzene rings is 1. The zero-order valence-electron chi connectivity index (χ0n) is 9.76. The molecule has 1 fully saturated rings. The second kappa shape index (κ2) is 5.16. The molecule has 98 valence electrons. The average molecular weight is 280 g/mol. The van der Waals surface area contributed by atoms with Crippen LogP contribution in [0.2, 0.25) is 5.02 Å². The molecule has 1 aliphatic heterocycles. The van der Waals surface area contributed by atoms with Crippen LogP contribution in [0.25, 0.3) is 0 Å². The smallest absolute Gasteiger partial charge is 0.321 e. The van der Waals surface area contributed by atoms with Crippen LogP contribution >= 0.6 is 11.6 Å². The minimum absolute atomic E-state index is 0.177. The molecule has 6 nitrogen and oxygen atoms in total. The molecule has 0 bridgehead atoms. The first kappa shape index (κ1) is 13.2. The van der Waals surface area contributed by atoms with Crippen LogP contribution in [0.4, 0.5) is 10.5 Å². The highest BCUT2D eigenvalue weighted by atomic mass is 35.5. The van der Waals surface area contributed by atoms with Gasteiger partial charge < -0.3 is 15.3 Å². The van der Waals surface area contributed by atoms with Crippen LogP contribution in [0, 0.1) is 17.2 Å². The zero-order valence-corrected chi connectivity index (χ0v) is 10.5. The molecule has 2 amide bonds. The van der Waals surface area contributed by atoms with E-state index in [-0.39, 0.29) is 13.1 Å². The molecular weight excluding hydrogens is 270 g/mol. The van der Waals surface area contributed by atoms with Gasteiger partial charge in [0.1, 0.15) is 0 Å². The van der Waals surface area contributed by atoms with E-state index in [4.69, 9.17) is 22.0 Å². The topological polar surface area (TPSA) is 93.4 Å². The Morgan fingerprint density at radius 2 is 2.16 bits per heavy atom. The summed E-state index contributed by atoms with van der Waals surface area (Å²) in [7, 11) is 0. The zero-order chi connectivity index (χ0) is 14.0. The van der Waals surface area contributed by atoms with Crippen molar-refractivity contribution in [2.75, 3.05) is 18.4 Å². The molecule has 19 heavy (non-hydrogen) atoms. The van der Waals surface area contributed by atoms with E-state index in [1.165, 1.54) is 17.0 Å². The standard InChI is InChI=1S/C12H10ClN3O3/c13-9-2-1-7(4-14)3-10(9)15-12(19)16-5-8(6-16)11(17)18/h1-3,8H,5-6H2,(H,15,19)(H,17,18). The third kappa shape index (κ3) is 2.77. The molecule has 2 N–H and O–H groups in total. The molecule has 1 heterocycles. The van der Waals surface area contributed by atoms with E-state index in [1.54, 1.807) is 6.07 Å². The number of anilines is 1. The molecule has 1 aromatic carbocycles. The van der Waals surface area contributed by atoms with E-state index < -0.39 is 17.9 Å². The molecule has 0 saturated carbocycles. The first-order valence-electron chi connectivity index (χ1n) is 5.49. The lowest BCUT2D eigenvalue weighted by Gasteiger charge is -2.36. The molecule has 0 spiro atoms. The number of hydrogen-bond donors (Lipinski definition) is 2. The van der Waals surface area contributed by atoms with E-state index in [1.807, 2.05) is 6.07 Å². The highest BCUT2D eigenvalue weighted by molar-refractivity contribution is 6.33. The first-order chi connectivity index (χ1) is 9.01. The quantitative estimate of drug-likeness (QED) is 0.862. The van der Waals surface area contributed by atoms with Crippen LogP contribution < -0.4 is 5.32 Å². The van der Waals surface area contributed by atoms with Gasteiger partial charge in [-0.05, 0) is 18.2 Å². The van der Waals surface area contributed by atoms with E-state index >= 15 is 0 Å². The van der Waals surface area contributed by atoms with Crippen molar-refractivity contribution in [1.29, 1.82) is 5.26 Å². The van der Waals surface area contributed by atoms with Gasteiger partial charge in [-0.25, -0.2) is 4.79 Å². The molecule has 2 rings (SSSR count). The highest BCUT2D eigenvalue weighted by Crippen LogP contribution is 2.24. The largest absolute Gasteiger partial charge is 0.481 e. The van der Waals surface area contributed by atoms with Crippen molar-refractivity contribution in [3.8, 4) is 6.07 Å². The van der Waals surface area contributed by atoms with Crippen LogP contribution in [0.15, 0.2) is 18.2 Å². The second-order valence-corrected chi connectivity index (χ2v) is 4.58. The fourth-order valence-electron chi connectivity index (χ4n) is 1.69. The monoisotopic (exact) mass is 279 g/mol. The number of hydrogen-bond acceptors (Lipinski definition) is 3. The number of amides is 2. The Balaban J connectivity index is 2.01. The number of carboxylic acids is 1. The maximum atomic E-state index is 11.8. The Labute approximate surface area is 114 Å². The lowest BCUT2D eigenvalue weighted by Crippen LogP contribution is -2.54. The predicted molar refractivity (Wildman–Crippen MR) is 67.9 cm³/mol. The Hall–Kier alpha value is -2.26. The number of carbonyl (C=O) groups is 2. The Morgan fingerprint density at radius 1 is 1.47 bits per heavy atom. The summed E-state index contributed by atoms with van der Waals surface area (Å²) in [6.45, 7) is 0.355. The van der Waals surface area contributed by atoms with Gasteiger partial charge in [0.25, 0.3) is 0 Å². The van der Waals surface area contributed by atoms with Gasteiger partial charge in [-0.1, -0.05) is 11.6 Å². The molecule has 0 atom stereocenters. The van der Waals surface area contributed by atoms with Crippen LogP contribution in [0.1, 0.15) is 5.56 Å². The van der Waals surface area contributed by atoms with Crippen molar-refractivity contribution in [3.63, 3.8) is 0 Å². The van der Waals surface area contributed by atoms with E-state index in [0.717, 1.165) is 0 Å². The van der Waals surface area contributed by atoms with E-state index in [9.17, 15) is 9.59 Å². The Bertz CT molecular complexity index is 576. The molecule has 1 aliphatic rings. The minimum atomic E-state index is -0.909. The molecular formula is C12H10ClN3O3. The summed E-state index contributed by atoms with van der Waals surface area (Å²) in [4.78, 5) is 23.8.